The van der Waals surface area contributed by atoms with Crippen molar-refractivity contribution in [3.63, 3.8) is 0 Å². The Hall–Kier alpha value is -3.29. The second-order valence-corrected chi connectivity index (χ2v) is 4.12. The van der Waals surface area contributed by atoms with Gasteiger partial charge in [0.15, 0.2) is 0 Å². The van der Waals surface area contributed by atoms with Gasteiger partial charge in [-0.25, -0.2) is 4.79 Å². The van der Waals surface area contributed by atoms with Crippen molar-refractivity contribution in [3.05, 3.63) is 79.9 Å². The summed E-state index contributed by atoms with van der Waals surface area (Å²) in [4.78, 5) is 29.3. The van der Waals surface area contributed by atoms with E-state index >= 15 is 0 Å². The van der Waals surface area contributed by atoms with Gasteiger partial charge in [0, 0.05) is 12.1 Å². The first-order valence-electron chi connectivity index (χ1n) is 6.01. The van der Waals surface area contributed by atoms with E-state index in [4.69, 9.17) is 5.11 Å². The van der Waals surface area contributed by atoms with E-state index in [0.29, 0.717) is 5.56 Å². The molecule has 0 amide bonds. The minimum Gasteiger partial charge on any atom is -0.478 e. The number of hydrogen-bond acceptors (Lipinski definition) is 5. The molecule has 0 aliphatic rings. The summed E-state index contributed by atoms with van der Waals surface area (Å²) < 4.78 is 0. The normalized spacial score (nSPS) is 9.32. The van der Waals surface area contributed by atoms with E-state index in [0.717, 1.165) is 17.7 Å². The van der Waals surface area contributed by atoms with Crippen LogP contribution in [0.1, 0.15) is 15.9 Å². The van der Waals surface area contributed by atoms with Crippen LogP contribution in [-0.2, 0) is 0 Å². The second-order valence-electron chi connectivity index (χ2n) is 4.12. The van der Waals surface area contributed by atoms with Crippen LogP contribution in [0.5, 0.6) is 0 Å². The summed E-state index contributed by atoms with van der Waals surface area (Å²) in [5.74, 6) is -0.863. The number of carboxylic acid groups (broad SMARTS) is 1. The molecule has 22 heavy (non-hydrogen) atoms. The third-order valence-corrected chi connectivity index (χ3v) is 2.65. The van der Waals surface area contributed by atoms with Gasteiger partial charge in [0.2, 0.25) is 0 Å². The van der Waals surface area contributed by atoms with Crippen molar-refractivity contribution >= 4 is 17.3 Å². The van der Waals surface area contributed by atoms with E-state index in [1.807, 2.05) is 6.07 Å². The number of aryl methyl sites for hydroxylation is 1. The van der Waals surface area contributed by atoms with Gasteiger partial charge in [0.1, 0.15) is 0 Å². The van der Waals surface area contributed by atoms with Crippen molar-refractivity contribution in [2.24, 2.45) is 0 Å². The number of benzene rings is 2. The van der Waals surface area contributed by atoms with Gasteiger partial charge in [-0.1, -0.05) is 30.3 Å². The molecule has 0 saturated carbocycles. The van der Waals surface area contributed by atoms with Gasteiger partial charge in [0.25, 0.3) is 0 Å². The average molecular weight is 304 g/mol. The van der Waals surface area contributed by atoms with Crippen LogP contribution in [0.25, 0.3) is 0 Å². The van der Waals surface area contributed by atoms with E-state index < -0.39 is 27.2 Å². The Bertz CT molecular complexity index is 681. The maximum absolute atomic E-state index is 10.4. The molecule has 1 N–H and O–H groups in total. The largest absolute Gasteiger partial charge is 0.478 e. The summed E-state index contributed by atoms with van der Waals surface area (Å²) in [5.41, 5.74) is 0.211. The van der Waals surface area contributed by atoms with E-state index in [1.165, 1.54) is 12.1 Å². The third kappa shape index (κ3) is 4.37. The number of hydrogen-bond donors (Lipinski definition) is 1. The summed E-state index contributed by atoms with van der Waals surface area (Å²) >= 11 is 0. The van der Waals surface area contributed by atoms with Gasteiger partial charge in [-0.05, 0) is 18.6 Å². The molecule has 2 aromatic rings. The lowest BCUT2D eigenvalue weighted by atomic mass is 10.1. The minimum absolute atomic E-state index is 0.377. The molecular formula is C14H12N2O6. The molecule has 0 unspecified atom stereocenters. The highest BCUT2D eigenvalue weighted by Crippen LogP contribution is 2.24. The Morgan fingerprint density at radius 1 is 0.909 bits per heavy atom. The number of rotatable bonds is 3. The van der Waals surface area contributed by atoms with Crippen LogP contribution in [0.2, 0.25) is 0 Å². The third-order valence-electron chi connectivity index (χ3n) is 2.65. The summed E-state index contributed by atoms with van der Waals surface area (Å²) in [6.07, 6.45) is 0. The molecule has 0 atom stereocenters. The van der Waals surface area contributed by atoms with Crippen LogP contribution in [0.15, 0.2) is 48.5 Å². The van der Waals surface area contributed by atoms with E-state index in [-0.39, 0.29) is 0 Å². The number of nitro benzene ring substituents is 2. The molecule has 0 saturated heterocycles. The van der Waals surface area contributed by atoms with Crippen LogP contribution in [0.3, 0.4) is 0 Å². The predicted octanol–water partition coefficient (Wildman–Crippen LogP) is 3.20. The molecule has 114 valence electrons. The lowest BCUT2D eigenvalue weighted by Crippen LogP contribution is -1.97. The maximum Gasteiger partial charge on any atom is 0.346 e. The molecule has 0 radical (unpaired) electrons. The molecule has 0 aromatic heterocycles. The standard InChI is InChI=1S/C8H8O2.C6H4N2O4/c1-6-4-2-3-5-7(6)8(9)10;9-7(10)5-3-1-2-4-6(5)8(11)12/h2-5H,1H3,(H,9,10);1-4H. The zero-order valence-corrected chi connectivity index (χ0v) is 11.5. The van der Waals surface area contributed by atoms with Gasteiger partial charge in [0.05, 0.1) is 15.4 Å². The molecule has 0 aliphatic heterocycles. The average Bonchev–Trinajstić information content (AvgIpc) is 2.48. The van der Waals surface area contributed by atoms with Gasteiger partial charge in [-0.15, -0.1) is 0 Å². The van der Waals surface area contributed by atoms with Gasteiger partial charge in [-0.2, -0.15) is 0 Å². The fourth-order valence-electron chi connectivity index (χ4n) is 1.59. The summed E-state index contributed by atoms with van der Waals surface area (Å²) in [5, 5.41) is 29.0. The first-order valence-corrected chi connectivity index (χ1v) is 6.01. The van der Waals surface area contributed by atoms with Gasteiger partial charge < -0.3 is 5.11 Å². The SMILES string of the molecule is Cc1ccccc1C(=O)O.O=[N+]([O-])c1ccccc1[N+](=O)[O-]. The molecule has 0 bridgehead atoms. The first-order chi connectivity index (χ1) is 10.3. The van der Waals surface area contributed by atoms with Crippen molar-refractivity contribution in [1.29, 1.82) is 0 Å². The monoisotopic (exact) mass is 304 g/mol. The summed E-state index contributed by atoms with van der Waals surface area (Å²) in [6, 6.07) is 11.9. The van der Waals surface area contributed by atoms with Crippen LogP contribution in [0, 0.1) is 27.2 Å². The predicted molar refractivity (Wildman–Crippen MR) is 77.9 cm³/mol. The van der Waals surface area contributed by atoms with Crippen molar-refractivity contribution in [2.75, 3.05) is 0 Å². The highest BCUT2D eigenvalue weighted by atomic mass is 16.6. The zero-order valence-electron chi connectivity index (χ0n) is 11.5. The molecule has 0 fully saturated rings. The smallest absolute Gasteiger partial charge is 0.346 e. The second kappa shape index (κ2) is 7.48. The van der Waals surface area contributed by atoms with E-state index in [2.05, 4.69) is 0 Å². The van der Waals surface area contributed by atoms with Gasteiger partial charge in [-0.3, -0.25) is 20.2 Å². The fraction of sp³-hybridized carbons (Fsp3) is 0.0714. The lowest BCUT2D eigenvalue weighted by Gasteiger charge is -1.96. The Morgan fingerprint density at radius 2 is 1.32 bits per heavy atom. The van der Waals surface area contributed by atoms with Crippen molar-refractivity contribution in [1.82, 2.24) is 0 Å². The topological polar surface area (TPSA) is 124 Å². The van der Waals surface area contributed by atoms with Crippen LogP contribution < -0.4 is 0 Å². The first kappa shape index (κ1) is 16.8. The highest BCUT2D eigenvalue weighted by Gasteiger charge is 2.21. The summed E-state index contributed by atoms with van der Waals surface area (Å²) in [7, 11) is 0. The van der Waals surface area contributed by atoms with Crippen LogP contribution in [0.4, 0.5) is 11.4 Å². The molecule has 0 heterocycles. The number of carboxylic acids is 1. The molecule has 2 aromatic carbocycles. The Labute approximate surface area is 124 Å². The molecule has 0 aliphatic carbocycles. The zero-order chi connectivity index (χ0) is 16.7. The van der Waals surface area contributed by atoms with Crippen molar-refractivity contribution in [3.8, 4) is 0 Å². The maximum atomic E-state index is 10.4. The molecule has 8 nitrogen and oxygen atoms in total. The van der Waals surface area contributed by atoms with Crippen LogP contribution >= 0.6 is 0 Å². The molecule has 8 heteroatoms. The number of carbonyl (C=O) groups is 1. The summed E-state index contributed by atoms with van der Waals surface area (Å²) in [6.45, 7) is 1.78. The lowest BCUT2D eigenvalue weighted by molar-refractivity contribution is -0.422. The molecular weight excluding hydrogens is 292 g/mol. The quantitative estimate of drug-likeness (QED) is 0.685. The Balaban J connectivity index is 0.000000224. The Morgan fingerprint density at radius 3 is 1.64 bits per heavy atom. The number of nitro groups is 2. The Kier molecular flexibility index (Phi) is 5.70. The highest BCUT2D eigenvalue weighted by molar-refractivity contribution is 5.89. The van der Waals surface area contributed by atoms with Crippen molar-refractivity contribution < 1.29 is 19.7 Å². The number of para-hydroxylation sites is 2. The van der Waals surface area contributed by atoms with Crippen LogP contribution in [-0.4, -0.2) is 20.9 Å². The molecule has 2 rings (SSSR count). The number of aromatic carboxylic acids is 1. The minimum atomic E-state index is -0.863. The molecule has 0 spiro atoms. The van der Waals surface area contributed by atoms with Crippen molar-refractivity contribution in [2.45, 2.75) is 6.92 Å². The van der Waals surface area contributed by atoms with E-state index in [9.17, 15) is 25.0 Å². The number of nitrogens with zero attached hydrogens (tertiary/aromatic N) is 2. The van der Waals surface area contributed by atoms with E-state index in [1.54, 1.807) is 25.1 Å². The fourth-order valence-corrected chi connectivity index (χ4v) is 1.59. The van der Waals surface area contributed by atoms with Gasteiger partial charge >= 0.3 is 17.3 Å².